The molecular formula is C10H14N4O2. The summed E-state index contributed by atoms with van der Waals surface area (Å²) in [7, 11) is 0. The third-order valence-electron chi connectivity index (χ3n) is 2.45. The van der Waals surface area contributed by atoms with Crippen LogP contribution in [0.3, 0.4) is 0 Å². The molecule has 0 aliphatic carbocycles. The van der Waals surface area contributed by atoms with E-state index >= 15 is 0 Å². The van der Waals surface area contributed by atoms with Crippen molar-refractivity contribution in [3.8, 4) is 5.75 Å². The van der Waals surface area contributed by atoms with E-state index in [0.29, 0.717) is 18.0 Å². The molecule has 1 amide bonds. The van der Waals surface area contributed by atoms with E-state index in [1.807, 2.05) is 18.2 Å². The van der Waals surface area contributed by atoms with Gasteiger partial charge in [0.2, 0.25) is 0 Å². The summed E-state index contributed by atoms with van der Waals surface area (Å²) in [6, 6.07) is 5.53. The van der Waals surface area contributed by atoms with Crippen LogP contribution >= 0.6 is 0 Å². The highest BCUT2D eigenvalue weighted by Gasteiger charge is 2.24. The number of ether oxygens (including phenoxy) is 1. The minimum Gasteiger partial charge on any atom is -0.482 e. The van der Waals surface area contributed by atoms with Crippen molar-refractivity contribution in [1.82, 2.24) is 5.43 Å². The molecule has 0 saturated heterocycles. The van der Waals surface area contributed by atoms with Gasteiger partial charge in [-0.25, -0.2) is 5.43 Å². The van der Waals surface area contributed by atoms with Crippen molar-refractivity contribution < 1.29 is 9.53 Å². The highest BCUT2D eigenvalue weighted by Crippen LogP contribution is 2.32. The fourth-order valence-corrected chi connectivity index (χ4v) is 1.64. The number of rotatable bonds is 3. The predicted octanol–water partition coefficient (Wildman–Crippen LogP) is -0.708. The largest absolute Gasteiger partial charge is 0.482 e. The molecule has 0 bridgehead atoms. The van der Waals surface area contributed by atoms with Gasteiger partial charge in [0.05, 0.1) is 12.4 Å². The van der Waals surface area contributed by atoms with E-state index < -0.39 is 0 Å². The maximum Gasteiger partial charge on any atom is 0.266 e. The Balaban J connectivity index is 2.39. The standard InChI is InChI=1S/C10H14N4O2/c11-4-7-1-2-9-8(3-7)14(6-13-12)10(15)5-16-9/h1-3,13H,4-6,11-12H2. The molecule has 1 heterocycles. The molecule has 0 unspecified atom stereocenters. The zero-order chi connectivity index (χ0) is 11.5. The van der Waals surface area contributed by atoms with E-state index in [0.717, 1.165) is 5.56 Å². The number of nitrogens with two attached hydrogens (primary N) is 2. The number of amides is 1. The maximum atomic E-state index is 11.6. The topological polar surface area (TPSA) is 93.6 Å². The highest BCUT2D eigenvalue weighted by molar-refractivity contribution is 5.97. The highest BCUT2D eigenvalue weighted by atomic mass is 16.5. The van der Waals surface area contributed by atoms with Crippen molar-refractivity contribution in [1.29, 1.82) is 0 Å². The summed E-state index contributed by atoms with van der Waals surface area (Å²) >= 11 is 0. The van der Waals surface area contributed by atoms with Gasteiger partial charge in [0.15, 0.2) is 6.61 Å². The Labute approximate surface area is 93.1 Å². The molecule has 6 nitrogen and oxygen atoms in total. The lowest BCUT2D eigenvalue weighted by Crippen LogP contribution is -2.46. The van der Waals surface area contributed by atoms with Crippen molar-refractivity contribution in [2.75, 3.05) is 18.2 Å². The Bertz CT molecular complexity index is 408. The van der Waals surface area contributed by atoms with E-state index in [1.165, 1.54) is 4.90 Å². The fraction of sp³-hybridized carbons (Fsp3) is 0.300. The molecule has 0 radical (unpaired) electrons. The van der Waals surface area contributed by atoms with Crippen LogP contribution in [-0.2, 0) is 11.3 Å². The molecule has 0 aromatic heterocycles. The van der Waals surface area contributed by atoms with Gasteiger partial charge in [-0.3, -0.25) is 15.5 Å². The Hall–Kier alpha value is -1.63. The number of nitrogens with zero attached hydrogens (tertiary/aromatic N) is 1. The van der Waals surface area contributed by atoms with Gasteiger partial charge >= 0.3 is 0 Å². The van der Waals surface area contributed by atoms with Crippen LogP contribution in [0, 0.1) is 0 Å². The van der Waals surface area contributed by atoms with Crippen LogP contribution < -0.4 is 26.6 Å². The molecule has 0 atom stereocenters. The smallest absolute Gasteiger partial charge is 0.266 e. The number of hydrazine groups is 1. The van der Waals surface area contributed by atoms with E-state index in [2.05, 4.69) is 5.43 Å². The number of fused-ring (bicyclic) bond motifs is 1. The predicted molar refractivity (Wildman–Crippen MR) is 59.5 cm³/mol. The fourth-order valence-electron chi connectivity index (χ4n) is 1.64. The number of hydrogen-bond acceptors (Lipinski definition) is 5. The van der Waals surface area contributed by atoms with Crippen LogP contribution in [-0.4, -0.2) is 19.2 Å². The summed E-state index contributed by atoms with van der Waals surface area (Å²) in [5, 5.41) is 0. The summed E-state index contributed by atoms with van der Waals surface area (Å²) in [5.74, 6) is 5.79. The molecule has 1 aromatic rings. The Morgan fingerprint density at radius 1 is 1.50 bits per heavy atom. The Kier molecular flexibility index (Phi) is 3.04. The number of carbonyl (C=O) groups excluding carboxylic acids is 1. The van der Waals surface area contributed by atoms with E-state index in [4.69, 9.17) is 16.3 Å². The first kappa shape index (κ1) is 10.9. The maximum absolute atomic E-state index is 11.6. The van der Waals surface area contributed by atoms with Crippen molar-refractivity contribution >= 4 is 11.6 Å². The van der Waals surface area contributed by atoms with Crippen molar-refractivity contribution in [2.45, 2.75) is 6.54 Å². The van der Waals surface area contributed by atoms with Crippen molar-refractivity contribution in [3.63, 3.8) is 0 Å². The molecule has 16 heavy (non-hydrogen) atoms. The molecular weight excluding hydrogens is 208 g/mol. The van der Waals surface area contributed by atoms with Crippen molar-refractivity contribution in [3.05, 3.63) is 23.8 Å². The zero-order valence-electron chi connectivity index (χ0n) is 8.77. The van der Waals surface area contributed by atoms with Gasteiger partial charge in [-0.2, -0.15) is 0 Å². The summed E-state index contributed by atoms with van der Waals surface area (Å²) in [5.41, 5.74) is 9.67. The number of hydrogen-bond donors (Lipinski definition) is 3. The van der Waals surface area contributed by atoms with Gasteiger partial charge in [-0.1, -0.05) is 6.07 Å². The van der Waals surface area contributed by atoms with Gasteiger partial charge in [-0.15, -0.1) is 0 Å². The molecule has 1 aromatic carbocycles. The second kappa shape index (κ2) is 4.48. The Morgan fingerprint density at radius 3 is 3.00 bits per heavy atom. The number of benzene rings is 1. The summed E-state index contributed by atoms with van der Waals surface area (Å²) in [6.45, 7) is 0.714. The normalized spacial score (nSPS) is 14.6. The van der Waals surface area contributed by atoms with Gasteiger partial charge in [-0.05, 0) is 17.7 Å². The second-order valence-electron chi connectivity index (χ2n) is 3.48. The Morgan fingerprint density at radius 2 is 2.31 bits per heavy atom. The molecule has 1 aliphatic heterocycles. The molecule has 0 spiro atoms. The van der Waals surface area contributed by atoms with Gasteiger partial charge < -0.3 is 10.5 Å². The molecule has 5 N–H and O–H groups in total. The van der Waals surface area contributed by atoms with E-state index in [1.54, 1.807) is 0 Å². The zero-order valence-corrected chi connectivity index (χ0v) is 8.77. The summed E-state index contributed by atoms with van der Waals surface area (Å²) in [4.78, 5) is 13.2. The van der Waals surface area contributed by atoms with Crippen LogP contribution in [0.1, 0.15) is 5.56 Å². The third kappa shape index (κ3) is 1.85. The lowest BCUT2D eigenvalue weighted by atomic mass is 10.1. The van der Waals surface area contributed by atoms with Crippen LogP contribution in [0.15, 0.2) is 18.2 Å². The minimum atomic E-state index is -0.125. The van der Waals surface area contributed by atoms with Crippen LogP contribution in [0.5, 0.6) is 5.75 Å². The lowest BCUT2D eigenvalue weighted by molar-refractivity contribution is -0.121. The monoisotopic (exact) mass is 222 g/mol. The van der Waals surface area contributed by atoms with Gasteiger partial charge in [0.1, 0.15) is 5.75 Å². The molecule has 0 saturated carbocycles. The first-order valence-corrected chi connectivity index (χ1v) is 4.96. The molecule has 1 aliphatic rings. The average molecular weight is 222 g/mol. The second-order valence-corrected chi connectivity index (χ2v) is 3.48. The van der Waals surface area contributed by atoms with Gasteiger partial charge in [0, 0.05) is 6.54 Å². The first-order chi connectivity index (χ1) is 7.76. The van der Waals surface area contributed by atoms with Gasteiger partial charge in [0.25, 0.3) is 5.91 Å². The van der Waals surface area contributed by atoms with E-state index in [-0.39, 0.29) is 19.2 Å². The minimum absolute atomic E-state index is 0.0383. The third-order valence-corrected chi connectivity index (χ3v) is 2.45. The average Bonchev–Trinajstić information content (AvgIpc) is 2.32. The number of nitrogens with one attached hydrogen (secondary N) is 1. The van der Waals surface area contributed by atoms with Crippen LogP contribution in [0.25, 0.3) is 0 Å². The molecule has 2 rings (SSSR count). The quantitative estimate of drug-likeness (QED) is 0.464. The van der Waals surface area contributed by atoms with Crippen LogP contribution in [0.4, 0.5) is 5.69 Å². The molecule has 6 heteroatoms. The number of anilines is 1. The van der Waals surface area contributed by atoms with Crippen LogP contribution in [0.2, 0.25) is 0 Å². The summed E-state index contributed by atoms with van der Waals surface area (Å²) in [6.07, 6.45) is 0. The molecule has 86 valence electrons. The first-order valence-electron chi connectivity index (χ1n) is 4.96. The summed E-state index contributed by atoms with van der Waals surface area (Å²) < 4.78 is 5.31. The van der Waals surface area contributed by atoms with Crippen molar-refractivity contribution in [2.24, 2.45) is 11.6 Å². The van der Waals surface area contributed by atoms with E-state index in [9.17, 15) is 4.79 Å². The SMILES string of the molecule is NCc1ccc2c(c1)N(CNN)C(=O)CO2. The number of carbonyl (C=O) groups is 1. The lowest BCUT2D eigenvalue weighted by Gasteiger charge is -2.29. The molecule has 0 fully saturated rings.